The molecule has 6 nitrogen and oxygen atoms in total. The summed E-state index contributed by atoms with van der Waals surface area (Å²) in [6, 6.07) is 7.43. The first-order chi connectivity index (χ1) is 14.6. The topological polar surface area (TPSA) is 64.9 Å². The van der Waals surface area contributed by atoms with Gasteiger partial charge in [-0.25, -0.2) is 4.98 Å². The largest absolute Gasteiger partial charge is 0.361 e. The number of nitrogens with zero attached hydrogens (tertiary/aromatic N) is 4. The summed E-state index contributed by atoms with van der Waals surface area (Å²) >= 11 is 3.64. The van der Waals surface area contributed by atoms with Gasteiger partial charge in [0.1, 0.15) is 18.9 Å². The van der Waals surface area contributed by atoms with E-state index in [9.17, 15) is 0 Å². The van der Waals surface area contributed by atoms with E-state index in [1.807, 2.05) is 11.5 Å². The lowest BCUT2D eigenvalue weighted by atomic mass is 10.0. The van der Waals surface area contributed by atoms with Crippen LogP contribution in [0.5, 0.6) is 0 Å². The summed E-state index contributed by atoms with van der Waals surface area (Å²) in [5.74, 6) is 1.61. The summed E-state index contributed by atoms with van der Waals surface area (Å²) in [5.41, 5.74) is 6.46. The molecule has 8 heteroatoms. The van der Waals surface area contributed by atoms with Crippen LogP contribution < -0.4 is 5.32 Å². The van der Waals surface area contributed by atoms with E-state index in [4.69, 9.17) is 9.72 Å². The number of halogens is 1. The van der Waals surface area contributed by atoms with E-state index in [2.05, 4.69) is 90.1 Å². The van der Waals surface area contributed by atoms with Gasteiger partial charge in [0.25, 0.3) is 0 Å². The van der Waals surface area contributed by atoms with E-state index < -0.39 is 8.07 Å². The van der Waals surface area contributed by atoms with Gasteiger partial charge >= 0.3 is 0 Å². The molecule has 0 amide bonds. The lowest BCUT2D eigenvalue weighted by Gasteiger charge is -2.18. The van der Waals surface area contributed by atoms with Gasteiger partial charge in [-0.3, -0.25) is 4.57 Å². The first-order valence-electron chi connectivity index (χ1n) is 10.5. The van der Waals surface area contributed by atoms with Crippen LogP contribution in [-0.4, -0.2) is 34.4 Å². The molecule has 0 atom stereocenters. The van der Waals surface area contributed by atoms with E-state index >= 15 is 0 Å². The quantitative estimate of drug-likeness (QED) is 0.286. The number of nitrogens with one attached hydrogen (secondary N) is 1. The molecule has 1 aromatic carbocycles. The molecule has 0 bridgehead atoms. The zero-order valence-corrected chi connectivity index (χ0v) is 22.1. The van der Waals surface area contributed by atoms with E-state index in [-0.39, 0.29) is 0 Å². The minimum absolute atomic E-state index is 0.452. The Morgan fingerprint density at radius 3 is 2.55 bits per heavy atom. The predicted octanol–water partition coefficient (Wildman–Crippen LogP) is 6.39. The molecule has 31 heavy (non-hydrogen) atoms. The monoisotopic (exact) mass is 501 g/mol. The van der Waals surface area contributed by atoms with Crippen LogP contribution in [0.3, 0.4) is 0 Å². The molecule has 0 saturated heterocycles. The molecule has 0 fully saturated rings. The van der Waals surface area contributed by atoms with Crippen molar-refractivity contribution in [3.8, 4) is 11.4 Å². The molecule has 0 saturated carbocycles. The fraction of sp³-hybridized carbons (Fsp3) is 0.435. The highest BCUT2D eigenvalue weighted by atomic mass is 79.9. The summed E-state index contributed by atoms with van der Waals surface area (Å²) in [5, 5.41) is 12.1. The van der Waals surface area contributed by atoms with Gasteiger partial charge in [-0.05, 0) is 72.4 Å². The zero-order chi connectivity index (χ0) is 22.8. The lowest BCUT2D eigenvalue weighted by molar-refractivity contribution is 0.0880. The Bertz CT molecular complexity index is 1070. The van der Waals surface area contributed by atoms with Gasteiger partial charge in [0.05, 0.1) is 4.47 Å². The molecular weight excluding hydrogens is 470 g/mol. The van der Waals surface area contributed by atoms with Crippen molar-refractivity contribution in [2.24, 2.45) is 0 Å². The number of aryl methyl sites for hydroxylation is 3. The van der Waals surface area contributed by atoms with Crippen molar-refractivity contribution in [2.45, 2.75) is 60.1 Å². The van der Waals surface area contributed by atoms with Crippen molar-refractivity contribution < 1.29 is 4.74 Å². The van der Waals surface area contributed by atoms with Gasteiger partial charge in [0.2, 0.25) is 0 Å². The van der Waals surface area contributed by atoms with Gasteiger partial charge in [-0.15, -0.1) is 10.2 Å². The summed E-state index contributed by atoms with van der Waals surface area (Å²) in [4.78, 5) is 4.72. The van der Waals surface area contributed by atoms with Crippen LogP contribution in [0.4, 0.5) is 11.5 Å². The SMILES string of the molecule is Cc1cc(Br)c(Nc2c(C)ccc(-c3nncn3COCC[Si](C)(C)C)c2C)nc1C. The normalized spacial score (nSPS) is 11.7. The molecule has 0 aliphatic heterocycles. The molecule has 3 aromatic rings. The van der Waals surface area contributed by atoms with E-state index in [0.29, 0.717) is 6.73 Å². The summed E-state index contributed by atoms with van der Waals surface area (Å²) in [6.45, 7) is 16.6. The second-order valence-electron chi connectivity index (χ2n) is 9.25. The number of ether oxygens (including phenoxy) is 1. The molecule has 2 heterocycles. The Labute approximate surface area is 194 Å². The van der Waals surface area contributed by atoms with Crippen LogP contribution >= 0.6 is 15.9 Å². The van der Waals surface area contributed by atoms with Gasteiger partial charge in [-0.1, -0.05) is 31.8 Å². The summed E-state index contributed by atoms with van der Waals surface area (Å²) in [6.07, 6.45) is 1.73. The van der Waals surface area contributed by atoms with Crippen LogP contribution in [0.25, 0.3) is 11.4 Å². The maximum Gasteiger partial charge on any atom is 0.166 e. The minimum atomic E-state index is -1.11. The van der Waals surface area contributed by atoms with Gasteiger partial charge in [-0.2, -0.15) is 0 Å². The Morgan fingerprint density at radius 1 is 1.10 bits per heavy atom. The van der Waals surface area contributed by atoms with Crippen molar-refractivity contribution in [3.05, 3.63) is 51.4 Å². The van der Waals surface area contributed by atoms with Crippen LogP contribution in [-0.2, 0) is 11.5 Å². The second kappa shape index (κ2) is 9.63. The van der Waals surface area contributed by atoms with Gasteiger partial charge in [0.15, 0.2) is 5.82 Å². The average Bonchev–Trinajstić information content (AvgIpc) is 3.13. The van der Waals surface area contributed by atoms with E-state index in [1.165, 1.54) is 0 Å². The molecule has 2 aromatic heterocycles. The van der Waals surface area contributed by atoms with Crippen molar-refractivity contribution in [1.82, 2.24) is 19.7 Å². The van der Waals surface area contributed by atoms with Crippen LogP contribution in [0.1, 0.15) is 22.4 Å². The van der Waals surface area contributed by atoms with E-state index in [0.717, 1.165) is 62.4 Å². The Balaban J connectivity index is 1.87. The number of hydrogen-bond donors (Lipinski definition) is 1. The second-order valence-corrected chi connectivity index (χ2v) is 15.7. The molecule has 166 valence electrons. The zero-order valence-electron chi connectivity index (χ0n) is 19.5. The maximum absolute atomic E-state index is 5.93. The lowest BCUT2D eigenvalue weighted by Crippen LogP contribution is -2.22. The summed E-state index contributed by atoms with van der Waals surface area (Å²) in [7, 11) is -1.11. The number of benzene rings is 1. The number of anilines is 2. The van der Waals surface area contributed by atoms with Gasteiger partial charge < -0.3 is 10.1 Å². The highest BCUT2D eigenvalue weighted by molar-refractivity contribution is 9.10. The fourth-order valence-corrected chi connectivity index (χ4v) is 4.55. The highest BCUT2D eigenvalue weighted by Gasteiger charge is 2.17. The molecule has 0 spiro atoms. The molecule has 0 unspecified atom stereocenters. The van der Waals surface area contributed by atoms with Crippen LogP contribution in [0.15, 0.2) is 29.0 Å². The standard InChI is InChI=1S/C23H32BrN5OSi/c1-15-8-9-19(23-28-25-13-29(23)14-30-10-11-31(5,6)7)17(3)21(15)27-22-20(24)12-16(2)18(4)26-22/h8-9,12-13H,10-11,14H2,1-7H3,(H,26,27). The number of hydrogen-bond acceptors (Lipinski definition) is 5. The third kappa shape index (κ3) is 5.81. The van der Waals surface area contributed by atoms with Crippen LogP contribution in [0.2, 0.25) is 25.7 Å². The predicted molar refractivity (Wildman–Crippen MR) is 134 cm³/mol. The Morgan fingerprint density at radius 2 is 1.84 bits per heavy atom. The number of pyridine rings is 1. The summed E-state index contributed by atoms with van der Waals surface area (Å²) < 4.78 is 8.84. The van der Waals surface area contributed by atoms with E-state index in [1.54, 1.807) is 6.33 Å². The smallest absolute Gasteiger partial charge is 0.166 e. The maximum atomic E-state index is 5.93. The van der Waals surface area contributed by atoms with Crippen molar-refractivity contribution in [1.29, 1.82) is 0 Å². The molecule has 1 N–H and O–H groups in total. The number of aromatic nitrogens is 4. The number of rotatable bonds is 8. The Kier molecular flexibility index (Phi) is 7.34. The molecule has 3 rings (SSSR count). The fourth-order valence-electron chi connectivity index (χ4n) is 3.26. The van der Waals surface area contributed by atoms with Crippen molar-refractivity contribution >= 4 is 35.5 Å². The van der Waals surface area contributed by atoms with Crippen LogP contribution in [0, 0.1) is 27.7 Å². The minimum Gasteiger partial charge on any atom is -0.361 e. The Hall–Kier alpha value is -2.03. The third-order valence-corrected chi connectivity index (χ3v) is 7.73. The van der Waals surface area contributed by atoms with Gasteiger partial charge in [0, 0.05) is 31.6 Å². The highest BCUT2D eigenvalue weighted by Crippen LogP contribution is 2.34. The first-order valence-corrected chi connectivity index (χ1v) is 15.0. The molecular formula is C23H32BrN5OSi. The molecule has 0 aliphatic rings. The molecule has 0 aliphatic carbocycles. The van der Waals surface area contributed by atoms with Crippen molar-refractivity contribution in [2.75, 3.05) is 11.9 Å². The average molecular weight is 503 g/mol. The molecule has 0 radical (unpaired) electrons. The van der Waals surface area contributed by atoms with Crippen molar-refractivity contribution in [3.63, 3.8) is 0 Å². The third-order valence-electron chi connectivity index (χ3n) is 5.42. The first kappa shape index (κ1) is 23.6.